The van der Waals surface area contributed by atoms with Crippen LogP contribution in [0, 0.1) is 16.7 Å². The molecule has 0 amide bonds. The van der Waals surface area contributed by atoms with Crippen LogP contribution in [0.15, 0.2) is 23.8 Å². The minimum Gasteiger partial charge on any atom is -0.462 e. The second-order valence-electron chi connectivity index (χ2n) is 11.3. The molecular formula is C28H40O10. The minimum atomic E-state index is -1.98. The lowest BCUT2D eigenvalue weighted by Gasteiger charge is -2.67. The van der Waals surface area contributed by atoms with E-state index in [1.54, 1.807) is 20.8 Å². The molecule has 10 heteroatoms. The van der Waals surface area contributed by atoms with Crippen LogP contribution in [0.5, 0.6) is 0 Å². The zero-order chi connectivity index (χ0) is 28.6. The van der Waals surface area contributed by atoms with Crippen molar-refractivity contribution in [2.24, 2.45) is 16.7 Å². The summed E-state index contributed by atoms with van der Waals surface area (Å²) < 4.78 is 22.5. The van der Waals surface area contributed by atoms with Gasteiger partial charge in [-0.3, -0.25) is 14.4 Å². The summed E-state index contributed by atoms with van der Waals surface area (Å²) in [6.45, 7) is 13.4. The number of hydrogen-bond acceptors (Lipinski definition) is 10. The van der Waals surface area contributed by atoms with Gasteiger partial charge in [0.15, 0.2) is 12.2 Å². The molecule has 2 saturated carbocycles. The third-order valence-electron chi connectivity index (χ3n) is 8.84. The van der Waals surface area contributed by atoms with Gasteiger partial charge in [0.2, 0.25) is 0 Å². The first-order valence-corrected chi connectivity index (χ1v) is 13.1. The summed E-state index contributed by atoms with van der Waals surface area (Å²) in [5.74, 6) is -3.26. The van der Waals surface area contributed by atoms with Crippen molar-refractivity contribution in [3.05, 3.63) is 23.8 Å². The summed E-state index contributed by atoms with van der Waals surface area (Å²) in [6.07, 6.45) is -2.03. The summed E-state index contributed by atoms with van der Waals surface area (Å²) >= 11 is 0. The lowest BCUT2D eigenvalue weighted by atomic mass is 9.41. The van der Waals surface area contributed by atoms with Crippen molar-refractivity contribution in [3.8, 4) is 0 Å². The van der Waals surface area contributed by atoms with E-state index in [4.69, 9.17) is 18.9 Å². The lowest BCUT2D eigenvalue weighted by Crippen LogP contribution is -2.77. The normalized spacial score (nSPS) is 37.4. The molecule has 0 aromatic heterocycles. The summed E-state index contributed by atoms with van der Waals surface area (Å²) in [6, 6.07) is 0. The average molecular weight is 537 g/mol. The summed E-state index contributed by atoms with van der Waals surface area (Å²) in [4.78, 5) is 49.3. The van der Waals surface area contributed by atoms with Crippen molar-refractivity contribution in [1.29, 1.82) is 0 Å². The third-order valence-corrected chi connectivity index (χ3v) is 8.84. The predicted octanol–water partition coefficient (Wildman–Crippen LogP) is 2.54. The molecule has 1 heterocycles. The molecule has 0 aromatic carbocycles. The Kier molecular flexibility index (Phi) is 8.48. The number of aliphatic hydroxyl groups excluding tert-OH is 1. The highest BCUT2D eigenvalue weighted by atomic mass is 16.6. The van der Waals surface area contributed by atoms with Gasteiger partial charge in [-0.15, -0.1) is 0 Å². The van der Waals surface area contributed by atoms with E-state index in [0.717, 1.165) is 0 Å². The van der Waals surface area contributed by atoms with E-state index < -0.39 is 70.6 Å². The molecule has 0 spiro atoms. The summed E-state index contributed by atoms with van der Waals surface area (Å²) in [5.41, 5.74) is -3.44. The van der Waals surface area contributed by atoms with Gasteiger partial charge in [0.25, 0.3) is 0 Å². The number of esters is 4. The lowest BCUT2D eigenvalue weighted by molar-refractivity contribution is -0.312. The Balaban J connectivity index is 2.29. The van der Waals surface area contributed by atoms with E-state index in [1.165, 1.54) is 26.8 Å². The van der Waals surface area contributed by atoms with Gasteiger partial charge in [-0.25, -0.2) is 4.79 Å². The average Bonchev–Trinajstić information content (AvgIpc) is 3.21. The van der Waals surface area contributed by atoms with Crippen LogP contribution in [0.25, 0.3) is 0 Å². The molecule has 3 aliphatic rings. The molecule has 2 fully saturated rings. The first-order chi connectivity index (χ1) is 17.6. The molecule has 0 saturated heterocycles. The van der Waals surface area contributed by atoms with Gasteiger partial charge in [-0.2, -0.15) is 0 Å². The van der Waals surface area contributed by atoms with E-state index in [9.17, 15) is 29.4 Å². The van der Waals surface area contributed by atoms with Gasteiger partial charge in [-0.05, 0) is 31.8 Å². The molecule has 10 nitrogen and oxygen atoms in total. The van der Waals surface area contributed by atoms with Gasteiger partial charge in [0.05, 0.1) is 6.10 Å². The van der Waals surface area contributed by atoms with E-state index >= 15 is 0 Å². The van der Waals surface area contributed by atoms with E-state index in [1.807, 2.05) is 0 Å². The number of ether oxygens (including phenoxy) is 4. The maximum Gasteiger partial charge on any atom is 0.331 e. The second kappa shape index (κ2) is 10.8. The number of cyclic esters (lactones) is 1. The van der Waals surface area contributed by atoms with E-state index in [0.29, 0.717) is 30.4 Å². The third kappa shape index (κ3) is 5.00. The fourth-order valence-electron chi connectivity index (χ4n) is 6.83. The monoisotopic (exact) mass is 536 g/mol. The Hall–Kier alpha value is -2.72. The molecule has 0 unspecified atom stereocenters. The van der Waals surface area contributed by atoms with Gasteiger partial charge in [-0.1, -0.05) is 32.9 Å². The van der Waals surface area contributed by atoms with Crippen LogP contribution in [-0.2, 0) is 38.1 Å². The van der Waals surface area contributed by atoms with Gasteiger partial charge < -0.3 is 29.2 Å². The Morgan fingerprint density at radius 1 is 1.16 bits per heavy atom. The highest BCUT2D eigenvalue weighted by molar-refractivity contribution is 5.85. The summed E-state index contributed by atoms with van der Waals surface area (Å²) in [7, 11) is 0. The Labute approximate surface area is 223 Å². The number of rotatable bonds is 8. The fraction of sp³-hybridized carbons (Fsp3) is 0.714. The zero-order valence-electron chi connectivity index (χ0n) is 23.1. The maximum absolute atomic E-state index is 12.8. The minimum absolute atomic E-state index is 0.00297. The molecule has 212 valence electrons. The first kappa shape index (κ1) is 29.8. The molecule has 38 heavy (non-hydrogen) atoms. The van der Waals surface area contributed by atoms with Crippen molar-refractivity contribution in [2.75, 3.05) is 6.61 Å². The largest absolute Gasteiger partial charge is 0.462 e. The highest BCUT2D eigenvalue weighted by Crippen LogP contribution is 2.66. The van der Waals surface area contributed by atoms with Crippen molar-refractivity contribution in [2.45, 2.75) is 104 Å². The van der Waals surface area contributed by atoms with Gasteiger partial charge in [0.1, 0.15) is 18.3 Å². The van der Waals surface area contributed by atoms with Gasteiger partial charge in [0, 0.05) is 49.5 Å². The van der Waals surface area contributed by atoms with E-state index in [2.05, 4.69) is 6.58 Å². The topological polar surface area (TPSA) is 146 Å². The number of carbonyl (C=O) groups excluding carboxylic acids is 4. The number of fused-ring (bicyclic) bond motifs is 1. The standard InChI is InChI=1S/C28H40O10/c1-8-9-21(32)38-25-24(37-17(4)30)26(5)15(2)10-11-19(31)23(26)27(6,28(25,7)34)20(36-16(3)29)12-18-13-22(33)35-14-18/h13,19-20,23-25,31,34H,2,8-12,14H2,1,3-7H3/t19-,20+,23+,24+,25+,26+,27-,28+/m1/s1. The summed E-state index contributed by atoms with van der Waals surface area (Å²) in [5, 5.41) is 23.9. The number of hydrogen-bond donors (Lipinski definition) is 2. The van der Waals surface area contributed by atoms with Crippen LogP contribution in [-0.4, -0.2) is 70.7 Å². The number of aliphatic hydroxyl groups is 2. The van der Waals surface area contributed by atoms with Crippen LogP contribution >= 0.6 is 0 Å². The molecule has 0 radical (unpaired) electrons. The molecule has 8 atom stereocenters. The first-order valence-electron chi connectivity index (χ1n) is 13.1. The zero-order valence-corrected chi connectivity index (χ0v) is 23.1. The van der Waals surface area contributed by atoms with E-state index in [-0.39, 0.29) is 19.4 Å². The van der Waals surface area contributed by atoms with Crippen LogP contribution in [0.3, 0.4) is 0 Å². The Bertz CT molecular complexity index is 1030. The Morgan fingerprint density at radius 2 is 1.82 bits per heavy atom. The molecule has 3 rings (SSSR count). The van der Waals surface area contributed by atoms with Crippen LogP contribution in [0.4, 0.5) is 0 Å². The van der Waals surface area contributed by atoms with Crippen molar-refractivity contribution >= 4 is 23.9 Å². The smallest absolute Gasteiger partial charge is 0.331 e. The van der Waals surface area contributed by atoms with Crippen LogP contribution in [0.2, 0.25) is 0 Å². The van der Waals surface area contributed by atoms with Crippen LogP contribution in [0.1, 0.15) is 73.6 Å². The highest BCUT2D eigenvalue weighted by Gasteiger charge is 2.75. The van der Waals surface area contributed by atoms with Crippen molar-refractivity contribution < 1.29 is 48.3 Å². The number of carbonyl (C=O) groups is 4. The predicted molar refractivity (Wildman–Crippen MR) is 134 cm³/mol. The maximum atomic E-state index is 12.8. The molecule has 0 aromatic rings. The molecule has 2 N–H and O–H groups in total. The molecule has 2 aliphatic carbocycles. The van der Waals surface area contributed by atoms with Crippen molar-refractivity contribution in [3.63, 3.8) is 0 Å². The molecule has 1 aliphatic heterocycles. The quantitative estimate of drug-likeness (QED) is 0.270. The molecular weight excluding hydrogens is 496 g/mol. The fourth-order valence-corrected chi connectivity index (χ4v) is 6.83. The Morgan fingerprint density at radius 3 is 2.34 bits per heavy atom. The molecule has 0 bridgehead atoms. The van der Waals surface area contributed by atoms with Gasteiger partial charge >= 0.3 is 23.9 Å². The van der Waals surface area contributed by atoms with Crippen molar-refractivity contribution in [1.82, 2.24) is 0 Å². The SMILES string of the molecule is C=C1CC[C@@H](O)[C@H]2[C@@]1(C)[C@@H](OC(C)=O)[C@H](OC(=O)CCC)[C@](C)(O)[C@]2(C)[C@H](CC1=CC(=O)OC1)OC(C)=O. The van der Waals surface area contributed by atoms with Crippen LogP contribution < -0.4 is 0 Å². The second-order valence-corrected chi connectivity index (χ2v) is 11.3.